The Morgan fingerprint density at radius 3 is 2.39 bits per heavy atom. The summed E-state index contributed by atoms with van der Waals surface area (Å²) >= 11 is 0. The predicted octanol–water partition coefficient (Wildman–Crippen LogP) is 10.1. The van der Waals surface area contributed by atoms with Gasteiger partial charge in [0.25, 0.3) is 0 Å². The first kappa shape index (κ1) is 33.3. The summed E-state index contributed by atoms with van der Waals surface area (Å²) in [6, 6.07) is 0.588. The molecule has 0 spiro atoms. The molecule has 4 rings (SSSR count). The Bertz CT molecular complexity index is 815. The summed E-state index contributed by atoms with van der Waals surface area (Å²) in [5.41, 5.74) is 3.16. The maximum atomic E-state index is 7.08. The van der Waals surface area contributed by atoms with Crippen molar-refractivity contribution in [2.75, 3.05) is 26.3 Å². The Morgan fingerprint density at radius 2 is 1.61 bits per heavy atom. The number of nitrogens with zero attached hydrogens (tertiary/aromatic N) is 1. The van der Waals surface area contributed by atoms with Gasteiger partial charge in [-0.25, -0.2) is 0 Å². The molecule has 7 atom stereocenters. The molecule has 7 unspecified atom stereocenters. The Morgan fingerprint density at radius 1 is 0.854 bits per heavy atom. The highest BCUT2D eigenvalue weighted by molar-refractivity contribution is 5.12. The number of piperidine rings is 1. The molecule has 0 aromatic carbocycles. The molecule has 3 heteroatoms. The van der Waals surface area contributed by atoms with Gasteiger partial charge >= 0.3 is 0 Å². The van der Waals surface area contributed by atoms with Gasteiger partial charge in [0.1, 0.15) is 0 Å². The largest absolute Gasteiger partial charge is 0.378 e. The van der Waals surface area contributed by atoms with Crippen LogP contribution in [0.15, 0.2) is 23.8 Å². The molecule has 2 heterocycles. The zero-order valence-corrected chi connectivity index (χ0v) is 27.9. The Balaban J connectivity index is 1.51. The van der Waals surface area contributed by atoms with Crippen LogP contribution in [0.2, 0.25) is 0 Å². The smallest absolute Gasteiger partial charge is 0.0629 e. The average molecular weight is 570 g/mol. The molecule has 236 valence electrons. The Labute approximate surface area is 255 Å². The normalized spacial score (nSPS) is 38.7. The molecule has 1 saturated heterocycles. The molecule has 4 aliphatic rings. The monoisotopic (exact) mass is 570 g/mol. The molecule has 0 aromatic rings. The topological polar surface area (TPSA) is 21.7 Å². The quantitative estimate of drug-likeness (QED) is 0.309. The summed E-state index contributed by atoms with van der Waals surface area (Å²) in [5.74, 6) is 2.79. The van der Waals surface area contributed by atoms with E-state index in [0.717, 1.165) is 25.6 Å². The van der Waals surface area contributed by atoms with E-state index in [1.54, 1.807) is 0 Å². The van der Waals surface area contributed by atoms with Crippen molar-refractivity contribution in [1.29, 1.82) is 0 Å². The summed E-state index contributed by atoms with van der Waals surface area (Å²) in [6.07, 6.45) is 25.6. The van der Waals surface area contributed by atoms with E-state index < -0.39 is 0 Å². The maximum absolute atomic E-state index is 7.08. The van der Waals surface area contributed by atoms with Crippen LogP contribution in [-0.4, -0.2) is 49.5 Å². The van der Waals surface area contributed by atoms with Crippen LogP contribution in [0.25, 0.3) is 0 Å². The molecular weight excluding hydrogens is 502 g/mol. The zero-order valence-electron chi connectivity index (χ0n) is 27.9. The third-order valence-electron chi connectivity index (χ3n) is 12.0. The highest BCUT2D eigenvalue weighted by Gasteiger charge is 2.43. The first-order valence-electron chi connectivity index (χ1n) is 18.1. The Kier molecular flexibility index (Phi) is 13.3. The summed E-state index contributed by atoms with van der Waals surface area (Å²) in [4.78, 5) is 2.84. The van der Waals surface area contributed by atoms with Gasteiger partial charge in [-0.3, -0.25) is 4.90 Å². The van der Waals surface area contributed by atoms with Gasteiger partial charge in [0.15, 0.2) is 0 Å². The van der Waals surface area contributed by atoms with E-state index >= 15 is 0 Å². The first-order chi connectivity index (χ1) is 19.8. The lowest BCUT2D eigenvalue weighted by Gasteiger charge is -2.48. The minimum Gasteiger partial charge on any atom is -0.378 e. The van der Waals surface area contributed by atoms with Crippen molar-refractivity contribution in [2.45, 2.75) is 162 Å². The van der Waals surface area contributed by atoms with Crippen LogP contribution in [0.1, 0.15) is 144 Å². The lowest BCUT2D eigenvalue weighted by Crippen LogP contribution is -2.47. The van der Waals surface area contributed by atoms with Crippen LogP contribution in [0.3, 0.4) is 0 Å². The van der Waals surface area contributed by atoms with E-state index in [2.05, 4.69) is 52.2 Å². The minimum absolute atomic E-state index is 0.242. The van der Waals surface area contributed by atoms with Crippen LogP contribution in [0.5, 0.6) is 0 Å². The zero-order chi connectivity index (χ0) is 29.2. The summed E-state index contributed by atoms with van der Waals surface area (Å²) in [6.45, 7) is 20.9. The van der Waals surface area contributed by atoms with E-state index in [4.69, 9.17) is 9.47 Å². The summed E-state index contributed by atoms with van der Waals surface area (Å²) in [5, 5.41) is 0. The molecule has 0 N–H and O–H groups in total. The third-order valence-corrected chi connectivity index (χ3v) is 12.0. The van der Waals surface area contributed by atoms with Gasteiger partial charge in [-0.05, 0) is 140 Å². The van der Waals surface area contributed by atoms with Crippen molar-refractivity contribution in [3.8, 4) is 0 Å². The second-order valence-electron chi connectivity index (χ2n) is 15.3. The van der Waals surface area contributed by atoms with Crippen molar-refractivity contribution >= 4 is 0 Å². The van der Waals surface area contributed by atoms with Gasteiger partial charge in [-0.15, -0.1) is 0 Å². The first-order valence-corrected chi connectivity index (χ1v) is 18.1. The van der Waals surface area contributed by atoms with Crippen LogP contribution in [-0.2, 0) is 9.47 Å². The fourth-order valence-electron chi connectivity index (χ4n) is 9.23. The average Bonchev–Trinajstić information content (AvgIpc) is 2.96. The third kappa shape index (κ3) is 9.42. The highest BCUT2D eigenvalue weighted by atomic mass is 16.5. The van der Waals surface area contributed by atoms with Crippen molar-refractivity contribution in [1.82, 2.24) is 4.90 Å². The lowest BCUT2D eigenvalue weighted by atomic mass is 9.59. The molecule has 3 nitrogen and oxygen atoms in total. The molecule has 2 saturated carbocycles. The van der Waals surface area contributed by atoms with Crippen LogP contribution < -0.4 is 0 Å². The van der Waals surface area contributed by atoms with Gasteiger partial charge < -0.3 is 9.47 Å². The number of hydrogen-bond donors (Lipinski definition) is 0. The van der Waals surface area contributed by atoms with E-state index in [1.165, 1.54) is 127 Å². The van der Waals surface area contributed by atoms with Crippen molar-refractivity contribution < 1.29 is 9.47 Å². The number of allylic oxidation sites excluding steroid dienone is 2. The second kappa shape index (κ2) is 16.4. The number of ether oxygens (including phenoxy) is 2. The summed E-state index contributed by atoms with van der Waals surface area (Å²) in [7, 11) is 0. The van der Waals surface area contributed by atoms with Gasteiger partial charge in [-0.1, -0.05) is 69.8 Å². The fourth-order valence-corrected chi connectivity index (χ4v) is 9.23. The fraction of sp³-hybridized carbons (Fsp3) is 0.895. The minimum atomic E-state index is 0.242. The number of rotatable bonds is 2. The van der Waals surface area contributed by atoms with Crippen molar-refractivity contribution in [3.05, 3.63) is 23.8 Å². The van der Waals surface area contributed by atoms with E-state index in [-0.39, 0.29) is 5.41 Å². The maximum Gasteiger partial charge on any atom is 0.0629 e. The van der Waals surface area contributed by atoms with E-state index in [0.29, 0.717) is 36.0 Å². The molecular formula is C38H67NO2. The van der Waals surface area contributed by atoms with E-state index in [1.807, 2.05) is 0 Å². The molecule has 0 radical (unpaired) electrons. The van der Waals surface area contributed by atoms with Crippen LogP contribution in [0.4, 0.5) is 0 Å². The molecule has 41 heavy (non-hydrogen) atoms. The van der Waals surface area contributed by atoms with Crippen molar-refractivity contribution in [2.24, 2.45) is 29.1 Å². The van der Waals surface area contributed by atoms with Crippen molar-refractivity contribution in [3.63, 3.8) is 0 Å². The van der Waals surface area contributed by atoms with Gasteiger partial charge in [0, 0.05) is 12.6 Å². The van der Waals surface area contributed by atoms with Gasteiger partial charge in [-0.2, -0.15) is 0 Å². The van der Waals surface area contributed by atoms with Crippen LogP contribution >= 0.6 is 0 Å². The predicted molar refractivity (Wildman–Crippen MR) is 175 cm³/mol. The summed E-state index contributed by atoms with van der Waals surface area (Å²) < 4.78 is 13.6. The Hall–Kier alpha value is -0.640. The number of hydrogen-bond acceptors (Lipinski definition) is 3. The molecule has 2 aliphatic heterocycles. The second-order valence-corrected chi connectivity index (χ2v) is 15.3. The highest BCUT2D eigenvalue weighted by Crippen LogP contribution is 2.51. The molecule has 3 fully saturated rings. The standard InChI is InChI=1S/C38H67NO2/c1-29(2)38-22-24-39-23-14-13-19-36(39)28-41-37(35-17-11-8-12-18-35)31(4)16-10-7-9-15-30(3)25-33(6)40-27-34(26-38)21-20-32(38)5/h15,31-37H,1,7-14,16-28H2,2-6H3. The van der Waals surface area contributed by atoms with Crippen LogP contribution in [0, 0.1) is 29.1 Å². The lowest BCUT2D eigenvalue weighted by molar-refractivity contribution is -0.0655. The number of fused-ring (bicyclic) bond motifs is 3. The van der Waals surface area contributed by atoms with Gasteiger partial charge in [0.05, 0.1) is 18.8 Å². The molecule has 0 aromatic heterocycles. The molecule has 0 amide bonds. The SMILES string of the molecule is C=C(C)C12CCN3CCCCC3COC(C3CCCCC3)C(C)CCCCC=C(C)CC(C)OCC(CCC1C)C2. The molecule has 2 aliphatic carbocycles. The van der Waals surface area contributed by atoms with Gasteiger partial charge in [0.2, 0.25) is 0 Å². The molecule has 2 bridgehead atoms. The van der Waals surface area contributed by atoms with E-state index in [9.17, 15) is 0 Å².